The topological polar surface area (TPSA) is 136 Å². The largest absolute Gasteiger partial charge is 0.478 e. The zero-order chi connectivity index (χ0) is 18.6. The first-order valence-electron chi connectivity index (χ1n) is 7.20. The first kappa shape index (κ1) is 18.8. The number of nitro groups is 1. The maximum absolute atomic E-state index is 12.2. The summed E-state index contributed by atoms with van der Waals surface area (Å²) in [6, 6.07) is 5.39. The predicted molar refractivity (Wildman–Crippen MR) is 84.7 cm³/mol. The van der Waals surface area contributed by atoms with Gasteiger partial charge in [0.25, 0.3) is 11.4 Å². The van der Waals surface area contributed by atoms with Crippen molar-refractivity contribution in [3.8, 4) is 0 Å². The number of ether oxygens (including phenoxy) is 1. The lowest BCUT2D eigenvalue weighted by atomic mass is 10.1. The van der Waals surface area contributed by atoms with Crippen molar-refractivity contribution in [2.75, 3.05) is 12.8 Å². The SMILES string of the molecule is CS(=O)OC1(C(=O)O)CCCN1C(=O)OCc1ccc([N+](=O)[O-])cc1. The van der Waals surface area contributed by atoms with Crippen LogP contribution in [0.15, 0.2) is 24.3 Å². The normalized spacial score (nSPS) is 20.9. The summed E-state index contributed by atoms with van der Waals surface area (Å²) in [5.74, 6) is -1.42. The third-order valence-corrected chi connectivity index (χ3v) is 4.16. The van der Waals surface area contributed by atoms with E-state index in [1.807, 2.05) is 0 Å². The summed E-state index contributed by atoms with van der Waals surface area (Å²) in [6.07, 6.45) is 0.595. The van der Waals surface area contributed by atoms with E-state index in [1.54, 1.807) is 0 Å². The molecule has 136 valence electrons. The molecule has 1 aliphatic heterocycles. The van der Waals surface area contributed by atoms with E-state index in [1.165, 1.54) is 30.5 Å². The fourth-order valence-corrected chi connectivity index (χ4v) is 3.14. The van der Waals surface area contributed by atoms with Gasteiger partial charge in [-0.3, -0.25) is 15.0 Å². The van der Waals surface area contributed by atoms with Crippen LogP contribution in [-0.2, 0) is 31.4 Å². The van der Waals surface area contributed by atoms with Crippen LogP contribution in [0.1, 0.15) is 18.4 Å². The summed E-state index contributed by atoms with van der Waals surface area (Å²) in [5.41, 5.74) is -1.62. The number of hydrogen-bond donors (Lipinski definition) is 1. The van der Waals surface area contributed by atoms with E-state index in [4.69, 9.17) is 8.92 Å². The third kappa shape index (κ3) is 4.12. The third-order valence-electron chi connectivity index (χ3n) is 3.65. The Labute approximate surface area is 145 Å². The zero-order valence-electron chi connectivity index (χ0n) is 13.2. The zero-order valence-corrected chi connectivity index (χ0v) is 14.1. The van der Waals surface area contributed by atoms with E-state index in [0.29, 0.717) is 12.0 Å². The molecule has 1 amide bonds. The maximum atomic E-state index is 12.2. The Morgan fingerprint density at radius 2 is 2.04 bits per heavy atom. The summed E-state index contributed by atoms with van der Waals surface area (Å²) in [7, 11) is 0. The molecule has 0 aliphatic carbocycles. The number of carbonyl (C=O) groups excluding carboxylic acids is 1. The van der Waals surface area contributed by atoms with Crippen molar-refractivity contribution in [2.24, 2.45) is 0 Å². The van der Waals surface area contributed by atoms with Crippen molar-refractivity contribution in [3.05, 3.63) is 39.9 Å². The standard InChI is InChI=1S/C14H16N2O8S/c1-25(22)24-14(12(17)18)7-2-8-15(14)13(19)23-9-10-3-5-11(6-4-10)16(20)21/h3-6H,2,7-9H2,1H3,(H,17,18). The molecule has 2 atom stereocenters. The van der Waals surface area contributed by atoms with E-state index >= 15 is 0 Å². The number of nitrogens with zero attached hydrogens (tertiary/aromatic N) is 2. The second-order valence-electron chi connectivity index (χ2n) is 5.31. The van der Waals surface area contributed by atoms with E-state index in [9.17, 15) is 29.0 Å². The summed E-state index contributed by atoms with van der Waals surface area (Å²) < 4.78 is 21.4. The smallest absolute Gasteiger partial charge is 0.412 e. The van der Waals surface area contributed by atoms with Crippen LogP contribution in [-0.4, -0.2) is 49.7 Å². The second kappa shape index (κ2) is 7.57. The molecule has 1 aliphatic rings. The van der Waals surface area contributed by atoms with Gasteiger partial charge in [-0.15, -0.1) is 0 Å². The minimum absolute atomic E-state index is 0.00541. The Morgan fingerprint density at radius 3 is 2.56 bits per heavy atom. The van der Waals surface area contributed by atoms with Crippen LogP contribution in [0.25, 0.3) is 0 Å². The summed E-state index contributed by atoms with van der Waals surface area (Å²) in [6.45, 7) is -0.110. The Kier molecular flexibility index (Phi) is 5.69. The average molecular weight is 372 g/mol. The molecule has 0 aromatic heterocycles. The number of benzene rings is 1. The van der Waals surface area contributed by atoms with Crippen LogP contribution in [0, 0.1) is 10.1 Å². The number of rotatable bonds is 6. The molecule has 1 fully saturated rings. The average Bonchev–Trinajstić information content (AvgIpc) is 2.97. The Bertz CT molecular complexity index is 707. The van der Waals surface area contributed by atoms with Gasteiger partial charge in [-0.1, -0.05) is 0 Å². The van der Waals surface area contributed by atoms with E-state index < -0.39 is 33.8 Å². The minimum atomic E-state index is -2.02. The van der Waals surface area contributed by atoms with Crippen LogP contribution < -0.4 is 0 Å². The first-order chi connectivity index (χ1) is 11.8. The van der Waals surface area contributed by atoms with Gasteiger partial charge in [-0.2, -0.15) is 0 Å². The summed E-state index contributed by atoms with van der Waals surface area (Å²) in [4.78, 5) is 34.8. The number of carbonyl (C=O) groups is 2. The monoisotopic (exact) mass is 372 g/mol. The predicted octanol–water partition coefficient (Wildman–Crippen LogP) is 1.42. The van der Waals surface area contributed by atoms with Gasteiger partial charge >= 0.3 is 12.1 Å². The number of amides is 1. The maximum Gasteiger partial charge on any atom is 0.412 e. The quantitative estimate of drug-likeness (QED) is 0.585. The lowest BCUT2D eigenvalue weighted by molar-refractivity contribution is -0.384. The molecule has 2 unspecified atom stereocenters. The number of non-ortho nitro benzene ring substituents is 1. The number of nitro benzene ring substituents is 1. The van der Waals surface area contributed by atoms with Crippen molar-refractivity contribution < 1.29 is 32.7 Å². The number of carboxylic acid groups (broad SMARTS) is 1. The number of aliphatic carboxylic acids is 1. The number of carboxylic acids is 1. The van der Waals surface area contributed by atoms with Crippen molar-refractivity contribution in [1.29, 1.82) is 0 Å². The number of likely N-dealkylation sites (tertiary alicyclic amines) is 1. The molecule has 0 spiro atoms. The molecule has 10 nitrogen and oxygen atoms in total. The molecule has 0 saturated carbocycles. The Balaban J connectivity index is 2.07. The highest BCUT2D eigenvalue weighted by molar-refractivity contribution is 7.79. The molecule has 1 heterocycles. The van der Waals surface area contributed by atoms with Crippen LogP contribution in [0.4, 0.5) is 10.5 Å². The van der Waals surface area contributed by atoms with Gasteiger partial charge in [0.15, 0.2) is 11.1 Å². The molecule has 0 radical (unpaired) electrons. The molecule has 25 heavy (non-hydrogen) atoms. The van der Waals surface area contributed by atoms with E-state index in [-0.39, 0.29) is 25.3 Å². The second-order valence-corrected chi connectivity index (χ2v) is 6.28. The van der Waals surface area contributed by atoms with Crippen LogP contribution >= 0.6 is 0 Å². The summed E-state index contributed by atoms with van der Waals surface area (Å²) >= 11 is -1.89. The van der Waals surface area contributed by atoms with Gasteiger partial charge in [0.1, 0.15) is 6.61 Å². The van der Waals surface area contributed by atoms with Gasteiger partial charge in [0.05, 0.1) is 4.92 Å². The van der Waals surface area contributed by atoms with E-state index in [2.05, 4.69) is 0 Å². The Morgan fingerprint density at radius 1 is 1.40 bits per heavy atom. The fraction of sp³-hybridized carbons (Fsp3) is 0.429. The number of hydrogen-bond acceptors (Lipinski definition) is 7. The van der Waals surface area contributed by atoms with Gasteiger partial charge in [0, 0.05) is 31.4 Å². The van der Waals surface area contributed by atoms with Crippen molar-refractivity contribution in [2.45, 2.75) is 25.2 Å². The van der Waals surface area contributed by atoms with Crippen molar-refractivity contribution >= 4 is 28.8 Å². The van der Waals surface area contributed by atoms with Crippen molar-refractivity contribution in [3.63, 3.8) is 0 Å². The molecule has 1 saturated heterocycles. The highest BCUT2D eigenvalue weighted by atomic mass is 32.2. The highest BCUT2D eigenvalue weighted by Gasteiger charge is 2.53. The highest BCUT2D eigenvalue weighted by Crippen LogP contribution is 2.32. The molecular formula is C14H16N2O8S. The molecule has 0 bridgehead atoms. The molecular weight excluding hydrogens is 356 g/mol. The molecule has 11 heteroatoms. The van der Waals surface area contributed by atoms with E-state index in [0.717, 1.165) is 4.90 Å². The molecule has 2 rings (SSSR count). The van der Waals surface area contributed by atoms with Crippen LogP contribution in [0.3, 0.4) is 0 Å². The van der Waals surface area contributed by atoms with Crippen LogP contribution in [0.5, 0.6) is 0 Å². The molecule has 1 aromatic rings. The van der Waals surface area contributed by atoms with Gasteiger partial charge < -0.3 is 9.84 Å². The Hall–Kier alpha value is -2.53. The first-order valence-corrected chi connectivity index (χ1v) is 8.68. The fourth-order valence-electron chi connectivity index (χ4n) is 2.51. The van der Waals surface area contributed by atoms with Crippen LogP contribution in [0.2, 0.25) is 0 Å². The van der Waals surface area contributed by atoms with Gasteiger partial charge in [0.2, 0.25) is 0 Å². The minimum Gasteiger partial charge on any atom is -0.478 e. The van der Waals surface area contributed by atoms with Gasteiger partial charge in [-0.25, -0.2) is 18.0 Å². The molecule has 1 aromatic carbocycles. The molecule has 1 N–H and O–H groups in total. The van der Waals surface area contributed by atoms with Gasteiger partial charge in [-0.05, 0) is 24.1 Å². The summed E-state index contributed by atoms with van der Waals surface area (Å²) in [5, 5.41) is 20.0. The van der Waals surface area contributed by atoms with Crippen molar-refractivity contribution in [1.82, 2.24) is 4.90 Å². The lowest BCUT2D eigenvalue weighted by Gasteiger charge is -2.32. The lowest BCUT2D eigenvalue weighted by Crippen LogP contribution is -2.55.